The minimum atomic E-state index is 0.618. The number of benzene rings is 1. The monoisotopic (exact) mass is 273 g/mol. The summed E-state index contributed by atoms with van der Waals surface area (Å²) >= 11 is 0. The Morgan fingerprint density at radius 1 is 1.00 bits per heavy atom. The fourth-order valence-corrected chi connectivity index (χ4v) is 3.74. The number of piperazine rings is 1. The van der Waals surface area contributed by atoms with Crippen LogP contribution in [-0.2, 0) is 0 Å². The summed E-state index contributed by atoms with van der Waals surface area (Å²) in [4.78, 5) is 5.18. The molecule has 0 saturated carbocycles. The van der Waals surface area contributed by atoms with E-state index in [1.54, 1.807) is 0 Å². The molecule has 3 rings (SSSR count). The Morgan fingerprint density at radius 2 is 1.65 bits per heavy atom. The third kappa shape index (κ3) is 3.22. The van der Waals surface area contributed by atoms with Crippen molar-refractivity contribution in [3.63, 3.8) is 0 Å². The van der Waals surface area contributed by atoms with Crippen molar-refractivity contribution in [3.8, 4) is 0 Å². The van der Waals surface area contributed by atoms with E-state index in [9.17, 15) is 0 Å². The van der Waals surface area contributed by atoms with Crippen LogP contribution in [0.2, 0.25) is 0 Å². The highest BCUT2D eigenvalue weighted by Crippen LogP contribution is 2.35. The number of nitrogens with zero attached hydrogens (tertiary/aromatic N) is 2. The number of piperidine rings is 1. The Morgan fingerprint density at radius 3 is 2.30 bits per heavy atom. The second-order valence-corrected chi connectivity index (χ2v) is 6.28. The molecule has 2 saturated heterocycles. The molecule has 2 heterocycles. The van der Waals surface area contributed by atoms with E-state index in [-0.39, 0.29) is 0 Å². The Labute approximate surface area is 123 Å². The van der Waals surface area contributed by atoms with Crippen LogP contribution in [0.5, 0.6) is 0 Å². The van der Waals surface area contributed by atoms with Crippen LogP contribution in [0, 0.1) is 5.92 Å². The number of hydrogen-bond acceptors (Lipinski definition) is 3. The largest absolute Gasteiger partial charge is 0.314 e. The normalized spacial score (nSPS) is 24.6. The summed E-state index contributed by atoms with van der Waals surface area (Å²) < 4.78 is 0. The maximum absolute atomic E-state index is 3.48. The van der Waals surface area contributed by atoms with Crippen LogP contribution >= 0.6 is 0 Å². The minimum absolute atomic E-state index is 0.618. The maximum Gasteiger partial charge on any atom is 0.0378 e. The highest BCUT2D eigenvalue weighted by molar-refractivity contribution is 5.20. The molecule has 1 aromatic carbocycles. The first kappa shape index (κ1) is 14.1. The van der Waals surface area contributed by atoms with Gasteiger partial charge in [0.1, 0.15) is 0 Å². The van der Waals surface area contributed by atoms with E-state index in [1.807, 2.05) is 0 Å². The van der Waals surface area contributed by atoms with Gasteiger partial charge in [0.05, 0.1) is 0 Å². The Hall–Kier alpha value is -0.900. The van der Waals surface area contributed by atoms with Crippen molar-refractivity contribution in [1.29, 1.82) is 0 Å². The molecule has 0 spiro atoms. The van der Waals surface area contributed by atoms with Gasteiger partial charge >= 0.3 is 0 Å². The molecule has 2 aliphatic heterocycles. The van der Waals surface area contributed by atoms with Gasteiger partial charge in [0.15, 0.2) is 0 Å². The molecule has 110 valence electrons. The van der Waals surface area contributed by atoms with E-state index in [1.165, 1.54) is 44.6 Å². The lowest BCUT2D eigenvalue weighted by Gasteiger charge is -2.42. The topological polar surface area (TPSA) is 18.5 Å². The van der Waals surface area contributed by atoms with Gasteiger partial charge in [-0.05, 0) is 44.5 Å². The minimum Gasteiger partial charge on any atom is -0.314 e. The van der Waals surface area contributed by atoms with Crippen LogP contribution in [0.25, 0.3) is 0 Å². The van der Waals surface area contributed by atoms with Crippen molar-refractivity contribution >= 4 is 0 Å². The predicted molar refractivity (Wildman–Crippen MR) is 83.8 cm³/mol. The highest BCUT2D eigenvalue weighted by atomic mass is 15.2. The molecule has 2 aliphatic rings. The summed E-state index contributed by atoms with van der Waals surface area (Å²) in [5.74, 6) is 0.812. The molecular formula is C17H27N3. The van der Waals surface area contributed by atoms with Gasteiger partial charge in [0.25, 0.3) is 0 Å². The maximum atomic E-state index is 3.48. The zero-order valence-electron chi connectivity index (χ0n) is 12.6. The third-order valence-electron chi connectivity index (χ3n) is 4.90. The Balaban J connectivity index is 1.79. The molecular weight excluding hydrogens is 246 g/mol. The molecule has 0 aliphatic carbocycles. The molecule has 20 heavy (non-hydrogen) atoms. The molecule has 0 amide bonds. The first-order valence-corrected chi connectivity index (χ1v) is 8.03. The molecule has 0 radical (unpaired) electrons. The zero-order chi connectivity index (χ0) is 13.8. The SMILES string of the molecule is CN1CCC(C(c2ccccc2)N2CCNCC2)CC1. The van der Waals surface area contributed by atoms with Gasteiger partial charge in [0.2, 0.25) is 0 Å². The van der Waals surface area contributed by atoms with E-state index < -0.39 is 0 Å². The fourth-order valence-electron chi connectivity index (χ4n) is 3.74. The van der Waals surface area contributed by atoms with Crippen molar-refractivity contribution in [3.05, 3.63) is 35.9 Å². The predicted octanol–water partition coefficient (Wildman–Crippen LogP) is 1.97. The van der Waals surface area contributed by atoms with Crippen molar-refractivity contribution in [2.45, 2.75) is 18.9 Å². The second-order valence-electron chi connectivity index (χ2n) is 6.28. The fraction of sp³-hybridized carbons (Fsp3) is 0.647. The lowest BCUT2D eigenvalue weighted by molar-refractivity contribution is 0.0846. The van der Waals surface area contributed by atoms with Gasteiger partial charge in [-0.2, -0.15) is 0 Å². The standard InChI is InChI=1S/C17H27N3/c1-19-11-7-16(8-12-19)17(15-5-3-2-4-6-15)20-13-9-18-10-14-20/h2-6,16-18H,7-14H2,1H3. The molecule has 1 aromatic rings. The summed E-state index contributed by atoms with van der Waals surface area (Å²) in [6, 6.07) is 11.8. The van der Waals surface area contributed by atoms with Crippen LogP contribution < -0.4 is 5.32 Å². The van der Waals surface area contributed by atoms with Crippen LogP contribution in [0.4, 0.5) is 0 Å². The number of rotatable bonds is 3. The Bertz CT molecular complexity index is 392. The van der Waals surface area contributed by atoms with E-state index in [2.05, 4.69) is 52.5 Å². The summed E-state index contributed by atoms with van der Waals surface area (Å²) in [6.07, 6.45) is 2.67. The molecule has 0 bridgehead atoms. The van der Waals surface area contributed by atoms with Gasteiger partial charge in [0, 0.05) is 32.2 Å². The van der Waals surface area contributed by atoms with Crippen molar-refractivity contribution in [2.24, 2.45) is 5.92 Å². The van der Waals surface area contributed by atoms with Gasteiger partial charge < -0.3 is 10.2 Å². The van der Waals surface area contributed by atoms with E-state index >= 15 is 0 Å². The van der Waals surface area contributed by atoms with Crippen molar-refractivity contribution < 1.29 is 0 Å². The van der Waals surface area contributed by atoms with E-state index in [0.717, 1.165) is 19.0 Å². The first-order chi connectivity index (χ1) is 9.84. The lowest BCUT2D eigenvalue weighted by Crippen LogP contribution is -2.48. The molecule has 1 unspecified atom stereocenters. The Kier molecular flexibility index (Phi) is 4.71. The lowest BCUT2D eigenvalue weighted by atomic mass is 9.84. The van der Waals surface area contributed by atoms with Gasteiger partial charge in [-0.15, -0.1) is 0 Å². The van der Waals surface area contributed by atoms with E-state index in [0.29, 0.717) is 6.04 Å². The molecule has 2 fully saturated rings. The first-order valence-electron chi connectivity index (χ1n) is 8.03. The van der Waals surface area contributed by atoms with Gasteiger partial charge in [-0.3, -0.25) is 4.90 Å². The summed E-state index contributed by atoms with van der Waals surface area (Å²) in [7, 11) is 2.25. The van der Waals surface area contributed by atoms with Gasteiger partial charge in [-0.1, -0.05) is 30.3 Å². The number of likely N-dealkylation sites (tertiary alicyclic amines) is 1. The van der Waals surface area contributed by atoms with E-state index in [4.69, 9.17) is 0 Å². The molecule has 3 heteroatoms. The summed E-state index contributed by atoms with van der Waals surface area (Å²) in [5, 5.41) is 3.48. The third-order valence-corrected chi connectivity index (χ3v) is 4.90. The quantitative estimate of drug-likeness (QED) is 0.908. The van der Waals surface area contributed by atoms with Crippen molar-refractivity contribution in [2.75, 3.05) is 46.3 Å². The van der Waals surface area contributed by atoms with Crippen molar-refractivity contribution in [1.82, 2.24) is 15.1 Å². The second kappa shape index (κ2) is 6.70. The van der Waals surface area contributed by atoms with Crippen LogP contribution in [0.15, 0.2) is 30.3 Å². The highest BCUT2D eigenvalue weighted by Gasteiger charge is 2.31. The average molecular weight is 273 g/mol. The zero-order valence-corrected chi connectivity index (χ0v) is 12.6. The number of hydrogen-bond donors (Lipinski definition) is 1. The summed E-state index contributed by atoms with van der Waals surface area (Å²) in [6.45, 7) is 7.14. The van der Waals surface area contributed by atoms with Gasteiger partial charge in [-0.25, -0.2) is 0 Å². The molecule has 1 atom stereocenters. The molecule has 0 aromatic heterocycles. The molecule has 1 N–H and O–H groups in total. The molecule has 3 nitrogen and oxygen atoms in total. The smallest absolute Gasteiger partial charge is 0.0378 e. The number of nitrogens with one attached hydrogen (secondary N) is 1. The van der Waals surface area contributed by atoms with Crippen LogP contribution in [0.3, 0.4) is 0 Å². The van der Waals surface area contributed by atoms with Crippen LogP contribution in [-0.4, -0.2) is 56.1 Å². The summed E-state index contributed by atoms with van der Waals surface area (Å²) in [5.41, 5.74) is 1.52. The van der Waals surface area contributed by atoms with Crippen LogP contribution in [0.1, 0.15) is 24.4 Å². The average Bonchev–Trinajstić information content (AvgIpc) is 2.52.